The molecule has 27 heavy (non-hydrogen) atoms. The molecule has 0 radical (unpaired) electrons. The molecule has 0 saturated carbocycles. The van der Waals surface area contributed by atoms with E-state index in [1.54, 1.807) is 14.2 Å². The Labute approximate surface area is 158 Å². The number of hydrogen-bond acceptors (Lipinski definition) is 5. The van der Waals surface area contributed by atoms with E-state index < -0.39 is 5.82 Å². The quantitative estimate of drug-likeness (QED) is 0.683. The number of nitrogens with two attached hydrogens (primary N) is 1. The van der Waals surface area contributed by atoms with Gasteiger partial charge in [0.1, 0.15) is 11.5 Å². The third-order valence-corrected chi connectivity index (χ3v) is 4.21. The first-order valence-corrected chi connectivity index (χ1v) is 8.51. The maximum absolute atomic E-state index is 14.5. The predicted molar refractivity (Wildman–Crippen MR) is 104 cm³/mol. The molecule has 0 aliphatic rings. The van der Waals surface area contributed by atoms with Gasteiger partial charge in [-0.05, 0) is 35.4 Å². The summed E-state index contributed by atoms with van der Waals surface area (Å²) in [5.41, 5.74) is 7.98. The van der Waals surface area contributed by atoms with Crippen molar-refractivity contribution in [2.75, 3.05) is 24.9 Å². The van der Waals surface area contributed by atoms with Gasteiger partial charge >= 0.3 is 0 Å². The molecule has 0 aliphatic heterocycles. The lowest BCUT2D eigenvalue weighted by Crippen LogP contribution is -2.24. The van der Waals surface area contributed by atoms with Crippen molar-refractivity contribution < 1.29 is 13.9 Å². The summed E-state index contributed by atoms with van der Waals surface area (Å²) < 4.78 is 24.9. The van der Waals surface area contributed by atoms with Crippen LogP contribution in [0.2, 0.25) is 0 Å². The van der Waals surface area contributed by atoms with Crippen LogP contribution in [0.15, 0.2) is 60.8 Å². The van der Waals surface area contributed by atoms with E-state index in [0.29, 0.717) is 18.8 Å². The van der Waals surface area contributed by atoms with Crippen molar-refractivity contribution in [1.29, 1.82) is 0 Å². The van der Waals surface area contributed by atoms with E-state index in [1.807, 2.05) is 53.4 Å². The van der Waals surface area contributed by atoms with Crippen LogP contribution in [0.3, 0.4) is 0 Å². The Balaban J connectivity index is 1.89. The molecular weight excluding hydrogens is 345 g/mol. The van der Waals surface area contributed by atoms with Gasteiger partial charge in [0, 0.05) is 19.2 Å². The highest BCUT2D eigenvalue weighted by molar-refractivity contribution is 5.48. The number of methoxy groups -OCH3 is 2. The Morgan fingerprint density at radius 1 is 0.889 bits per heavy atom. The van der Waals surface area contributed by atoms with Gasteiger partial charge < -0.3 is 20.1 Å². The minimum Gasteiger partial charge on any atom is -0.497 e. The molecule has 0 unspecified atom stereocenters. The standard InChI is InChI=1S/C21H22FN3O2/c1-26-18-7-3-15(4-8-18)13-25(21-20(22)11-17(23)12-24-21)14-16-5-9-19(27-2)10-6-16/h3-12H,13-14,23H2,1-2H3. The molecule has 2 N–H and O–H groups in total. The van der Waals surface area contributed by atoms with E-state index in [0.717, 1.165) is 22.6 Å². The highest BCUT2D eigenvalue weighted by Gasteiger charge is 2.15. The molecule has 0 saturated heterocycles. The number of nitrogen functional groups attached to an aromatic ring is 1. The first kappa shape index (κ1) is 18.5. The lowest BCUT2D eigenvalue weighted by atomic mass is 10.1. The van der Waals surface area contributed by atoms with Crippen LogP contribution in [0.4, 0.5) is 15.9 Å². The summed E-state index contributed by atoms with van der Waals surface area (Å²) in [4.78, 5) is 6.09. The molecule has 2 aromatic carbocycles. The van der Waals surface area contributed by atoms with Gasteiger partial charge in [-0.2, -0.15) is 0 Å². The number of aromatic nitrogens is 1. The van der Waals surface area contributed by atoms with Crippen LogP contribution in [0, 0.1) is 5.82 Å². The predicted octanol–water partition coefficient (Wildman–Crippen LogP) is 4.03. The van der Waals surface area contributed by atoms with Crippen LogP contribution < -0.4 is 20.1 Å². The van der Waals surface area contributed by atoms with Crippen LogP contribution in [0.25, 0.3) is 0 Å². The van der Waals surface area contributed by atoms with Gasteiger partial charge in [-0.1, -0.05) is 24.3 Å². The normalized spacial score (nSPS) is 10.5. The highest BCUT2D eigenvalue weighted by Crippen LogP contribution is 2.24. The van der Waals surface area contributed by atoms with Crippen molar-refractivity contribution in [1.82, 2.24) is 4.98 Å². The molecule has 0 amide bonds. The zero-order chi connectivity index (χ0) is 19.2. The average molecular weight is 367 g/mol. The van der Waals surface area contributed by atoms with Crippen LogP contribution in [0.1, 0.15) is 11.1 Å². The summed E-state index contributed by atoms with van der Waals surface area (Å²) in [6, 6.07) is 16.6. The van der Waals surface area contributed by atoms with Gasteiger partial charge in [-0.3, -0.25) is 0 Å². The molecule has 0 spiro atoms. The number of benzene rings is 2. The van der Waals surface area contributed by atoms with Crippen LogP contribution >= 0.6 is 0 Å². The first-order chi connectivity index (χ1) is 13.1. The lowest BCUT2D eigenvalue weighted by Gasteiger charge is -2.25. The average Bonchev–Trinajstić information content (AvgIpc) is 2.69. The van der Waals surface area contributed by atoms with Crippen molar-refractivity contribution >= 4 is 11.5 Å². The summed E-state index contributed by atoms with van der Waals surface area (Å²) >= 11 is 0. The summed E-state index contributed by atoms with van der Waals surface area (Å²) in [5, 5.41) is 0. The van der Waals surface area contributed by atoms with Gasteiger partial charge in [0.25, 0.3) is 0 Å². The molecule has 5 nitrogen and oxygen atoms in total. The zero-order valence-electron chi connectivity index (χ0n) is 15.4. The van der Waals surface area contributed by atoms with E-state index in [1.165, 1.54) is 12.3 Å². The van der Waals surface area contributed by atoms with E-state index in [2.05, 4.69) is 4.98 Å². The number of ether oxygens (including phenoxy) is 2. The highest BCUT2D eigenvalue weighted by atomic mass is 19.1. The van der Waals surface area contributed by atoms with E-state index >= 15 is 0 Å². The molecule has 0 aliphatic carbocycles. The Hall–Kier alpha value is -3.28. The van der Waals surface area contributed by atoms with Gasteiger partial charge in [-0.25, -0.2) is 9.37 Å². The maximum Gasteiger partial charge on any atom is 0.167 e. The minimum absolute atomic E-state index is 0.260. The number of halogens is 1. The monoisotopic (exact) mass is 367 g/mol. The lowest BCUT2D eigenvalue weighted by molar-refractivity contribution is 0.414. The van der Waals surface area contributed by atoms with E-state index in [-0.39, 0.29) is 5.82 Å². The van der Waals surface area contributed by atoms with Crippen LogP contribution in [0.5, 0.6) is 11.5 Å². The Morgan fingerprint density at radius 3 is 1.78 bits per heavy atom. The minimum atomic E-state index is -0.447. The SMILES string of the molecule is COc1ccc(CN(Cc2ccc(OC)cc2)c2ncc(N)cc2F)cc1. The molecule has 0 atom stereocenters. The topological polar surface area (TPSA) is 60.6 Å². The van der Waals surface area contributed by atoms with Crippen molar-refractivity contribution in [3.05, 3.63) is 77.7 Å². The van der Waals surface area contributed by atoms with Gasteiger partial charge in [0.15, 0.2) is 11.6 Å². The molecule has 3 aromatic rings. The summed E-state index contributed by atoms with van der Waals surface area (Å²) in [6.07, 6.45) is 1.47. The summed E-state index contributed by atoms with van der Waals surface area (Å²) in [7, 11) is 3.25. The summed E-state index contributed by atoms with van der Waals surface area (Å²) in [6.45, 7) is 0.980. The molecule has 140 valence electrons. The molecule has 1 heterocycles. The second kappa shape index (κ2) is 8.40. The van der Waals surface area contributed by atoms with Crippen molar-refractivity contribution in [2.24, 2.45) is 0 Å². The number of rotatable bonds is 7. The molecule has 3 rings (SSSR count). The van der Waals surface area contributed by atoms with Crippen LogP contribution in [-0.2, 0) is 13.1 Å². The smallest absolute Gasteiger partial charge is 0.167 e. The molecular formula is C21H22FN3O2. The fraction of sp³-hybridized carbons (Fsp3) is 0.190. The number of hydrogen-bond donors (Lipinski definition) is 1. The molecule has 0 fully saturated rings. The Bertz CT molecular complexity index is 833. The van der Waals surface area contributed by atoms with Gasteiger partial charge in [0.05, 0.1) is 26.1 Å². The second-order valence-corrected chi connectivity index (χ2v) is 6.13. The zero-order valence-corrected chi connectivity index (χ0v) is 15.4. The molecule has 1 aromatic heterocycles. The Morgan fingerprint density at radius 2 is 1.37 bits per heavy atom. The number of anilines is 2. The van der Waals surface area contributed by atoms with E-state index in [9.17, 15) is 4.39 Å². The number of nitrogens with zero attached hydrogens (tertiary/aromatic N) is 2. The van der Waals surface area contributed by atoms with Gasteiger partial charge in [0.2, 0.25) is 0 Å². The maximum atomic E-state index is 14.5. The molecule has 6 heteroatoms. The van der Waals surface area contributed by atoms with Crippen molar-refractivity contribution in [3.63, 3.8) is 0 Å². The first-order valence-electron chi connectivity index (χ1n) is 8.51. The third-order valence-electron chi connectivity index (χ3n) is 4.21. The van der Waals surface area contributed by atoms with E-state index in [4.69, 9.17) is 15.2 Å². The molecule has 0 bridgehead atoms. The van der Waals surface area contributed by atoms with Crippen molar-refractivity contribution in [2.45, 2.75) is 13.1 Å². The summed E-state index contributed by atoms with van der Waals surface area (Å²) in [5.74, 6) is 1.36. The Kier molecular flexibility index (Phi) is 5.76. The van der Waals surface area contributed by atoms with Gasteiger partial charge in [-0.15, -0.1) is 0 Å². The fourth-order valence-corrected chi connectivity index (χ4v) is 2.79. The third kappa shape index (κ3) is 4.67. The van der Waals surface area contributed by atoms with Crippen molar-refractivity contribution in [3.8, 4) is 11.5 Å². The fourth-order valence-electron chi connectivity index (χ4n) is 2.79. The largest absolute Gasteiger partial charge is 0.497 e. The van der Waals surface area contributed by atoms with Crippen LogP contribution in [-0.4, -0.2) is 19.2 Å². The second-order valence-electron chi connectivity index (χ2n) is 6.13. The number of pyridine rings is 1.